The normalized spacial score (nSPS) is 19.7. The van der Waals surface area contributed by atoms with Crippen LogP contribution < -0.4 is 10.6 Å². The summed E-state index contributed by atoms with van der Waals surface area (Å²) >= 11 is 1.48. The molecule has 158 valence electrons. The predicted octanol–water partition coefficient (Wildman–Crippen LogP) is 3.18. The number of aryl methyl sites for hydroxylation is 1. The molecule has 1 amide bonds. The molecule has 1 fully saturated rings. The van der Waals surface area contributed by atoms with E-state index in [0.29, 0.717) is 41.6 Å². The van der Waals surface area contributed by atoms with E-state index < -0.39 is 0 Å². The van der Waals surface area contributed by atoms with Crippen LogP contribution in [0, 0.1) is 6.92 Å². The van der Waals surface area contributed by atoms with E-state index in [0.717, 1.165) is 30.4 Å². The molecule has 0 spiro atoms. The Balaban J connectivity index is 1.48. The number of aromatic nitrogens is 3. The van der Waals surface area contributed by atoms with E-state index in [4.69, 9.17) is 4.42 Å². The van der Waals surface area contributed by atoms with Crippen molar-refractivity contribution in [3.8, 4) is 22.3 Å². The summed E-state index contributed by atoms with van der Waals surface area (Å²) in [6.07, 6.45) is 2.14. The Labute approximate surface area is 179 Å². The fraction of sp³-hybridized carbons (Fsp3) is 0.429. The number of carbonyl (C=O) groups is 1. The zero-order chi connectivity index (χ0) is 21.1. The number of hydrogen-bond acceptors (Lipinski definition) is 8. The zero-order valence-electron chi connectivity index (χ0n) is 17.4. The highest BCUT2D eigenvalue weighted by molar-refractivity contribution is 7.13. The van der Waals surface area contributed by atoms with Crippen molar-refractivity contribution >= 4 is 23.1 Å². The Morgan fingerprint density at radius 3 is 2.77 bits per heavy atom. The maximum absolute atomic E-state index is 12.6. The van der Waals surface area contributed by atoms with E-state index in [9.17, 15) is 4.79 Å². The number of carbonyl (C=O) groups excluding carboxylic acids is 1. The monoisotopic (exact) mass is 426 g/mol. The summed E-state index contributed by atoms with van der Waals surface area (Å²) < 4.78 is 5.68. The molecule has 0 bridgehead atoms. The molecule has 1 aliphatic heterocycles. The van der Waals surface area contributed by atoms with Gasteiger partial charge in [-0.3, -0.25) is 9.69 Å². The third-order valence-corrected chi connectivity index (χ3v) is 5.69. The van der Waals surface area contributed by atoms with E-state index in [1.165, 1.54) is 11.3 Å². The second-order valence-corrected chi connectivity index (χ2v) is 8.63. The molecule has 1 saturated heterocycles. The average molecular weight is 427 g/mol. The Bertz CT molecular complexity index is 993. The summed E-state index contributed by atoms with van der Waals surface area (Å²) in [5, 5.41) is 9.09. The highest BCUT2D eigenvalue weighted by atomic mass is 32.1. The lowest BCUT2D eigenvalue weighted by atomic mass is 10.1. The van der Waals surface area contributed by atoms with Gasteiger partial charge < -0.3 is 15.1 Å². The van der Waals surface area contributed by atoms with Crippen molar-refractivity contribution in [3.05, 3.63) is 35.5 Å². The van der Waals surface area contributed by atoms with Gasteiger partial charge >= 0.3 is 0 Å². The van der Waals surface area contributed by atoms with E-state index in [-0.39, 0.29) is 5.91 Å². The quantitative estimate of drug-likeness (QED) is 0.625. The third-order valence-electron chi connectivity index (χ3n) is 4.89. The molecule has 2 unspecified atom stereocenters. The van der Waals surface area contributed by atoms with Crippen molar-refractivity contribution in [2.24, 2.45) is 0 Å². The first-order valence-electron chi connectivity index (χ1n) is 10.1. The first-order chi connectivity index (χ1) is 14.5. The van der Waals surface area contributed by atoms with Gasteiger partial charge in [-0.05, 0) is 32.9 Å². The lowest BCUT2D eigenvalue weighted by Gasteiger charge is -2.35. The molecule has 2 N–H and O–H groups in total. The van der Waals surface area contributed by atoms with Crippen LogP contribution in [0.25, 0.3) is 22.3 Å². The minimum atomic E-state index is -0.0702. The first-order valence-corrected chi connectivity index (χ1v) is 11.0. The van der Waals surface area contributed by atoms with E-state index in [2.05, 4.69) is 44.3 Å². The first kappa shape index (κ1) is 20.6. The van der Waals surface area contributed by atoms with Gasteiger partial charge in [0, 0.05) is 55.8 Å². The highest BCUT2D eigenvalue weighted by Crippen LogP contribution is 2.26. The number of nitrogens with one attached hydrogen (secondary N) is 2. The van der Waals surface area contributed by atoms with Gasteiger partial charge in [0.05, 0.1) is 0 Å². The van der Waals surface area contributed by atoms with Crippen LogP contribution in [0.1, 0.15) is 26.0 Å². The van der Waals surface area contributed by atoms with Gasteiger partial charge in [0.25, 0.3) is 0 Å². The minimum Gasteiger partial charge on any atom is -0.458 e. The number of anilines is 1. The number of piperazine rings is 1. The maximum atomic E-state index is 12.6. The molecule has 2 atom stereocenters. The molecule has 1 aliphatic rings. The van der Waals surface area contributed by atoms with Crippen molar-refractivity contribution < 1.29 is 9.21 Å². The molecule has 0 saturated carbocycles. The maximum Gasteiger partial charge on any atom is 0.226 e. The summed E-state index contributed by atoms with van der Waals surface area (Å²) in [5.41, 5.74) is 0.657. The number of hydrogen-bond donors (Lipinski definition) is 2. The van der Waals surface area contributed by atoms with Crippen LogP contribution in [0.5, 0.6) is 0 Å². The van der Waals surface area contributed by atoms with E-state index in [1.807, 2.05) is 24.4 Å². The summed E-state index contributed by atoms with van der Waals surface area (Å²) in [5.74, 6) is 2.14. The van der Waals surface area contributed by atoms with Crippen LogP contribution in [-0.4, -0.2) is 57.5 Å². The number of furan rings is 1. The smallest absolute Gasteiger partial charge is 0.226 e. The number of amides is 1. The van der Waals surface area contributed by atoms with Gasteiger partial charge in [-0.1, -0.05) is 0 Å². The van der Waals surface area contributed by atoms with Gasteiger partial charge in [0.2, 0.25) is 5.91 Å². The van der Waals surface area contributed by atoms with Crippen LogP contribution in [0.4, 0.5) is 5.82 Å². The third kappa shape index (κ3) is 5.10. The predicted molar refractivity (Wildman–Crippen MR) is 117 cm³/mol. The molecule has 0 aliphatic carbocycles. The Morgan fingerprint density at radius 1 is 1.30 bits per heavy atom. The lowest BCUT2D eigenvalue weighted by molar-refractivity contribution is -0.116. The van der Waals surface area contributed by atoms with Crippen molar-refractivity contribution in [2.75, 3.05) is 25.0 Å². The van der Waals surface area contributed by atoms with Crippen molar-refractivity contribution in [1.82, 2.24) is 25.2 Å². The molecule has 3 aromatic heterocycles. The van der Waals surface area contributed by atoms with Crippen molar-refractivity contribution in [1.29, 1.82) is 0 Å². The van der Waals surface area contributed by atoms with Gasteiger partial charge in [-0.25, -0.2) is 15.0 Å². The minimum absolute atomic E-state index is 0.0702. The van der Waals surface area contributed by atoms with Crippen molar-refractivity contribution in [2.45, 2.75) is 39.3 Å². The summed E-state index contributed by atoms with van der Waals surface area (Å²) in [4.78, 5) is 28.4. The standard InChI is InChI=1S/C21H26N6O2S/c1-13-11-27(12-14(2)23-13)8-6-19(28)25-18-10-16(21-22-7-9-30-21)24-20(26-18)17-5-4-15(3)29-17/h4-5,7,9-10,13-14,23H,6,8,11-12H2,1-3H3,(H,24,25,26,28). The van der Waals surface area contributed by atoms with Gasteiger partial charge in [-0.2, -0.15) is 0 Å². The SMILES string of the molecule is Cc1ccc(-c2nc(NC(=O)CCN3CC(C)NC(C)C3)cc(-c3nccs3)n2)o1. The summed E-state index contributed by atoms with van der Waals surface area (Å²) in [7, 11) is 0. The number of nitrogens with zero attached hydrogens (tertiary/aromatic N) is 4. The lowest BCUT2D eigenvalue weighted by Crippen LogP contribution is -2.54. The molecular formula is C21H26N6O2S. The Morgan fingerprint density at radius 2 is 2.10 bits per heavy atom. The molecule has 9 heteroatoms. The summed E-state index contributed by atoms with van der Waals surface area (Å²) in [6.45, 7) is 8.82. The second-order valence-electron chi connectivity index (χ2n) is 7.74. The molecule has 8 nitrogen and oxygen atoms in total. The Kier molecular flexibility index (Phi) is 6.21. The fourth-order valence-corrected chi connectivity index (χ4v) is 4.32. The van der Waals surface area contributed by atoms with Crippen LogP contribution in [0.3, 0.4) is 0 Å². The van der Waals surface area contributed by atoms with Crippen molar-refractivity contribution in [3.63, 3.8) is 0 Å². The van der Waals surface area contributed by atoms with Crippen LogP contribution >= 0.6 is 11.3 Å². The van der Waals surface area contributed by atoms with Crippen LogP contribution in [-0.2, 0) is 4.79 Å². The zero-order valence-corrected chi connectivity index (χ0v) is 18.2. The molecule has 4 heterocycles. The van der Waals surface area contributed by atoms with E-state index >= 15 is 0 Å². The molecular weight excluding hydrogens is 400 g/mol. The average Bonchev–Trinajstić information content (AvgIpc) is 3.37. The van der Waals surface area contributed by atoms with Gasteiger partial charge in [-0.15, -0.1) is 11.3 Å². The van der Waals surface area contributed by atoms with Gasteiger partial charge in [0.1, 0.15) is 22.3 Å². The molecule has 0 aromatic carbocycles. The van der Waals surface area contributed by atoms with Gasteiger partial charge in [0.15, 0.2) is 11.6 Å². The fourth-order valence-electron chi connectivity index (χ4n) is 3.72. The topological polar surface area (TPSA) is 96.2 Å². The largest absolute Gasteiger partial charge is 0.458 e. The molecule has 3 aromatic rings. The van der Waals surface area contributed by atoms with Crippen LogP contribution in [0.15, 0.2) is 34.2 Å². The number of rotatable bonds is 6. The highest BCUT2D eigenvalue weighted by Gasteiger charge is 2.21. The second kappa shape index (κ2) is 9.03. The number of thiazole rings is 1. The Hall–Kier alpha value is -2.62. The van der Waals surface area contributed by atoms with Crippen LogP contribution in [0.2, 0.25) is 0 Å². The molecule has 30 heavy (non-hydrogen) atoms. The molecule has 4 rings (SSSR count). The molecule has 0 radical (unpaired) electrons. The summed E-state index contributed by atoms with van der Waals surface area (Å²) in [6, 6.07) is 6.31. The van der Waals surface area contributed by atoms with E-state index in [1.54, 1.807) is 12.3 Å².